The first kappa shape index (κ1) is 15.1. The fourth-order valence-corrected chi connectivity index (χ4v) is 1.55. The van der Waals surface area contributed by atoms with E-state index >= 15 is 0 Å². The molecule has 3 nitrogen and oxygen atoms in total. The molecule has 0 heterocycles. The van der Waals surface area contributed by atoms with E-state index in [9.17, 15) is 13.9 Å². The molecule has 0 amide bonds. The number of rotatable bonds is 2. The molecule has 7 heteroatoms. The average Bonchev–Trinajstić information content (AvgIpc) is 2.20. The van der Waals surface area contributed by atoms with Gasteiger partial charge in [0.1, 0.15) is 5.75 Å². The van der Waals surface area contributed by atoms with E-state index in [2.05, 4.69) is 15.9 Å². The van der Waals surface area contributed by atoms with Crippen molar-refractivity contribution in [1.29, 1.82) is 5.26 Å². The lowest BCUT2D eigenvalue weighted by atomic mass is 10.0. The Bertz CT molecular complexity index is 423. The van der Waals surface area contributed by atoms with E-state index in [4.69, 9.17) is 11.0 Å². The molecule has 0 unspecified atom stereocenters. The van der Waals surface area contributed by atoms with Gasteiger partial charge in [0.05, 0.1) is 22.1 Å². The number of benzene rings is 1. The summed E-state index contributed by atoms with van der Waals surface area (Å²) in [5, 5.41) is 18.1. The molecular weight excluding hydrogens is 305 g/mol. The minimum absolute atomic E-state index is 0. The Hall–Kier alpha value is -0.900. The van der Waals surface area contributed by atoms with Crippen molar-refractivity contribution < 1.29 is 13.9 Å². The highest BCUT2D eigenvalue weighted by atomic mass is 79.9. The van der Waals surface area contributed by atoms with Gasteiger partial charge in [0.25, 0.3) is 6.43 Å². The Labute approximate surface area is 105 Å². The summed E-state index contributed by atoms with van der Waals surface area (Å²) in [5.74, 6) is -0.359. The van der Waals surface area contributed by atoms with E-state index in [1.807, 2.05) is 0 Å². The van der Waals surface area contributed by atoms with Crippen molar-refractivity contribution in [2.45, 2.75) is 12.5 Å². The largest absolute Gasteiger partial charge is 0.506 e. The van der Waals surface area contributed by atoms with Crippen molar-refractivity contribution >= 4 is 28.3 Å². The molecule has 1 aromatic carbocycles. The molecule has 16 heavy (non-hydrogen) atoms. The molecule has 0 aliphatic rings. The summed E-state index contributed by atoms with van der Waals surface area (Å²) in [6, 6.07) is 2.67. The fraction of sp³-hybridized carbons (Fsp3) is 0.222. The molecule has 0 aliphatic heterocycles. The van der Waals surface area contributed by atoms with Gasteiger partial charge in [-0.1, -0.05) is 0 Å². The van der Waals surface area contributed by atoms with Crippen LogP contribution in [0.4, 0.5) is 8.78 Å². The number of nitriles is 1. The van der Waals surface area contributed by atoms with Gasteiger partial charge in [-0.2, -0.15) is 5.26 Å². The minimum atomic E-state index is -2.79. The molecular formula is C9H8BrClF2N2O. The van der Waals surface area contributed by atoms with Crippen molar-refractivity contribution in [1.82, 2.24) is 0 Å². The topological polar surface area (TPSA) is 70.0 Å². The summed E-state index contributed by atoms with van der Waals surface area (Å²) in [7, 11) is 0. The third-order valence-electron chi connectivity index (χ3n) is 1.85. The van der Waals surface area contributed by atoms with Gasteiger partial charge in [-0.3, -0.25) is 0 Å². The van der Waals surface area contributed by atoms with Crippen LogP contribution in [0.15, 0.2) is 16.6 Å². The summed E-state index contributed by atoms with van der Waals surface area (Å²) in [6.07, 6.45) is -2.79. The molecule has 0 fully saturated rings. The number of phenolic OH excluding ortho intramolecular Hbond substituents is 1. The van der Waals surface area contributed by atoms with E-state index in [1.165, 1.54) is 6.07 Å². The van der Waals surface area contributed by atoms with Gasteiger partial charge in [-0.15, -0.1) is 12.4 Å². The van der Waals surface area contributed by atoms with Gasteiger partial charge in [0, 0.05) is 5.56 Å². The number of alkyl halides is 2. The van der Waals surface area contributed by atoms with Gasteiger partial charge >= 0.3 is 0 Å². The molecule has 0 aliphatic carbocycles. The molecule has 1 rings (SSSR count). The third-order valence-corrected chi connectivity index (χ3v) is 2.46. The monoisotopic (exact) mass is 312 g/mol. The van der Waals surface area contributed by atoms with Crippen LogP contribution >= 0.6 is 28.3 Å². The molecule has 88 valence electrons. The maximum Gasteiger partial charge on any atom is 0.257 e. The second kappa shape index (κ2) is 5.99. The van der Waals surface area contributed by atoms with Crippen LogP contribution in [0.5, 0.6) is 5.75 Å². The Morgan fingerprint density at radius 1 is 1.44 bits per heavy atom. The van der Waals surface area contributed by atoms with Crippen molar-refractivity contribution in [2.24, 2.45) is 5.73 Å². The lowest BCUT2D eigenvalue weighted by Crippen LogP contribution is -2.19. The van der Waals surface area contributed by atoms with E-state index in [0.717, 1.165) is 6.07 Å². The standard InChI is InChI=1S/C9H7BrF2N2O.ClH/c10-6-2-4(3-13)1-5(8(6)15)7(14)9(11)12;/h1-2,7,9,15H,14H2;1H/t7-;/m1./s1. The minimum Gasteiger partial charge on any atom is -0.506 e. The number of aromatic hydroxyl groups is 1. The average molecular weight is 314 g/mol. The van der Waals surface area contributed by atoms with Crippen molar-refractivity contribution in [2.75, 3.05) is 0 Å². The number of halogens is 4. The van der Waals surface area contributed by atoms with Crippen LogP contribution in [0.1, 0.15) is 17.2 Å². The first-order valence-corrected chi connectivity index (χ1v) is 4.73. The van der Waals surface area contributed by atoms with E-state index in [1.54, 1.807) is 6.07 Å². The molecule has 0 bridgehead atoms. The van der Waals surface area contributed by atoms with Crippen LogP contribution in [0.2, 0.25) is 0 Å². The van der Waals surface area contributed by atoms with Gasteiger partial charge in [-0.05, 0) is 28.1 Å². The smallest absolute Gasteiger partial charge is 0.257 e. The third kappa shape index (κ3) is 3.04. The molecule has 3 N–H and O–H groups in total. The van der Waals surface area contributed by atoms with Gasteiger partial charge < -0.3 is 10.8 Å². The summed E-state index contributed by atoms with van der Waals surface area (Å²) >= 11 is 2.95. The van der Waals surface area contributed by atoms with E-state index in [-0.39, 0.29) is 33.8 Å². The predicted octanol–water partition coefficient (Wildman–Crippen LogP) is 2.71. The zero-order chi connectivity index (χ0) is 11.6. The summed E-state index contributed by atoms with van der Waals surface area (Å²) in [4.78, 5) is 0. The normalized spacial score (nSPS) is 11.8. The maximum atomic E-state index is 12.3. The highest BCUT2D eigenvalue weighted by molar-refractivity contribution is 9.10. The molecule has 0 radical (unpaired) electrons. The summed E-state index contributed by atoms with van der Waals surface area (Å²) < 4.78 is 24.8. The Kier molecular flexibility index (Phi) is 5.65. The lowest BCUT2D eigenvalue weighted by Gasteiger charge is -2.13. The number of hydrogen-bond acceptors (Lipinski definition) is 3. The highest BCUT2D eigenvalue weighted by Crippen LogP contribution is 2.34. The Morgan fingerprint density at radius 2 is 2.00 bits per heavy atom. The summed E-state index contributed by atoms with van der Waals surface area (Å²) in [6.45, 7) is 0. The predicted molar refractivity (Wildman–Crippen MR) is 60.7 cm³/mol. The maximum absolute atomic E-state index is 12.3. The van der Waals surface area contributed by atoms with E-state index in [0.29, 0.717) is 0 Å². The molecule has 0 aromatic heterocycles. The summed E-state index contributed by atoms with van der Waals surface area (Å²) in [5.41, 5.74) is 5.21. The van der Waals surface area contributed by atoms with Crippen molar-refractivity contribution in [3.05, 3.63) is 27.7 Å². The highest BCUT2D eigenvalue weighted by Gasteiger charge is 2.22. The zero-order valence-corrected chi connectivity index (χ0v) is 10.2. The van der Waals surface area contributed by atoms with Crippen molar-refractivity contribution in [3.8, 4) is 11.8 Å². The lowest BCUT2D eigenvalue weighted by molar-refractivity contribution is 0.115. The van der Waals surface area contributed by atoms with Crippen LogP contribution in [0.25, 0.3) is 0 Å². The van der Waals surface area contributed by atoms with Crippen LogP contribution in [0.3, 0.4) is 0 Å². The van der Waals surface area contributed by atoms with Gasteiger partial charge in [0.2, 0.25) is 0 Å². The zero-order valence-electron chi connectivity index (χ0n) is 7.82. The first-order valence-electron chi connectivity index (χ1n) is 3.93. The fourth-order valence-electron chi connectivity index (χ4n) is 1.07. The molecule has 1 atom stereocenters. The molecule has 0 saturated heterocycles. The number of nitrogens with zero attached hydrogens (tertiary/aromatic N) is 1. The van der Waals surface area contributed by atoms with Gasteiger partial charge in [0.15, 0.2) is 0 Å². The number of hydrogen-bond donors (Lipinski definition) is 2. The van der Waals surface area contributed by atoms with Crippen LogP contribution < -0.4 is 5.73 Å². The molecule has 0 spiro atoms. The second-order valence-corrected chi connectivity index (χ2v) is 3.72. The van der Waals surface area contributed by atoms with Crippen LogP contribution in [0, 0.1) is 11.3 Å². The number of phenols is 1. The Balaban J connectivity index is 0.00000225. The van der Waals surface area contributed by atoms with E-state index < -0.39 is 12.5 Å². The van der Waals surface area contributed by atoms with Crippen molar-refractivity contribution in [3.63, 3.8) is 0 Å². The SMILES string of the molecule is Cl.N#Cc1cc(Br)c(O)c([C@@H](N)C(F)F)c1. The van der Waals surface area contributed by atoms with Crippen LogP contribution in [-0.2, 0) is 0 Å². The molecule has 1 aromatic rings. The number of nitrogens with two attached hydrogens (primary N) is 1. The van der Waals surface area contributed by atoms with Gasteiger partial charge in [-0.25, -0.2) is 8.78 Å². The quantitative estimate of drug-likeness (QED) is 0.882. The van der Waals surface area contributed by atoms with Crippen LogP contribution in [-0.4, -0.2) is 11.5 Å². The molecule has 0 saturated carbocycles. The first-order chi connectivity index (χ1) is 6.97. The second-order valence-electron chi connectivity index (χ2n) is 2.87. The Morgan fingerprint density at radius 3 is 2.44 bits per heavy atom.